The molecule has 0 radical (unpaired) electrons. The van der Waals surface area contributed by atoms with Gasteiger partial charge in [0.05, 0.1) is 19.6 Å². The number of pyridine rings is 1. The first-order valence-corrected chi connectivity index (χ1v) is 11.9. The molecule has 37 heavy (non-hydrogen) atoms. The number of nitrogens with one attached hydrogen (secondary N) is 1. The second-order valence-corrected chi connectivity index (χ2v) is 9.75. The molecule has 196 valence electrons. The number of rotatable bonds is 3. The zero-order valence-corrected chi connectivity index (χ0v) is 20.6. The topological polar surface area (TPSA) is 122 Å². The minimum atomic E-state index is -1.06. The van der Waals surface area contributed by atoms with E-state index >= 15 is 0 Å². The predicted octanol–water partition coefficient (Wildman–Crippen LogP) is 2.71. The number of hydrogen-bond donors (Lipinski definition) is 2. The molecule has 1 saturated heterocycles. The van der Waals surface area contributed by atoms with Gasteiger partial charge in [-0.25, -0.2) is 8.78 Å². The molecule has 1 aromatic heterocycles. The fourth-order valence-corrected chi connectivity index (χ4v) is 5.35. The zero-order chi connectivity index (χ0) is 26.6. The molecular formula is C24H23ClF2N4O6. The molecule has 1 spiro atoms. The van der Waals surface area contributed by atoms with Crippen molar-refractivity contribution in [2.45, 2.75) is 50.4 Å². The van der Waals surface area contributed by atoms with Gasteiger partial charge < -0.3 is 29.5 Å². The number of methoxy groups -OCH3 is 1. The van der Waals surface area contributed by atoms with Crippen molar-refractivity contribution in [3.63, 3.8) is 0 Å². The van der Waals surface area contributed by atoms with Crippen molar-refractivity contribution in [3.8, 4) is 5.75 Å². The third-order valence-corrected chi connectivity index (χ3v) is 7.66. The highest BCUT2D eigenvalue weighted by molar-refractivity contribution is 6.30. The lowest BCUT2D eigenvalue weighted by molar-refractivity contribution is -0.0655. The van der Waals surface area contributed by atoms with E-state index in [-0.39, 0.29) is 23.8 Å². The summed E-state index contributed by atoms with van der Waals surface area (Å²) in [5, 5.41) is 16.5. The highest BCUT2D eigenvalue weighted by Crippen LogP contribution is 2.46. The van der Waals surface area contributed by atoms with Crippen LogP contribution in [-0.2, 0) is 16.1 Å². The highest BCUT2D eigenvalue weighted by Gasteiger charge is 2.54. The van der Waals surface area contributed by atoms with Crippen molar-refractivity contribution in [1.29, 1.82) is 0 Å². The Hall–Kier alpha value is -3.67. The maximum absolute atomic E-state index is 14.3. The van der Waals surface area contributed by atoms with E-state index in [4.69, 9.17) is 21.2 Å². The molecule has 2 N–H and O–H groups in total. The minimum Gasteiger partial charge on any atom is -0.503 e. The van der Waals surface area contributed by atoms with Crippen LogP contribution in [0.4, 0.5) is 8.78 Å². The van der Waals surface area contributed by atoms with Crippen LogP contribution in [0.5, 0.6) is 5.75 Å². The van der Waals surface area contributed by atoms with Crippen LogP contribution in [0.15, 0.2) is 28.3 Å². The molecule has 3 aliphatic rings. The predicted molar refractivity (Wildman–Crippen MR) is 127 cm³/mol. The molecule has 3 atom stereocenters. The van der Waals surface area contributed by atoms with Gasteiger partial charge >= 0.3 is 0 Å². The van der Waals surface area contributed by atoms with Crippen LogP contribution in [0, 0.1) is 11.6 Å². The molecule has 3 aliphatic heterocycles. The second-order valence-electron chi connectivity index (χ2n) is 9.38. The van der Waals surface area contributed by atoms with Gasteiger partial charge in [0.15, 0.2) is 17.0 Å². The van der Waals surface area contributed by atoms with Crippen molar-refractivity contribution in [2.24, 2.45) is 5.16 Å². The van der Waals surface area contributed by atoms with Crippen LogP contribution in [0.2, 0.25) is 5.02 Å². The average Bonchev–Trinajstić information content (AvgIpc) is 3.26. The number of aromatic nitrogens is 1. The van der Waals surface area contributed by atoms with Gasteiger partial charge in [0.1, 0.15) is 22.2 Å². The number of oxime groups is 1. The Balaban J connectivity index is 1.54. The van der Waals surface area contributed by atoms with Gasteiger partial charge in [-0.2, -0.15) is 0 Å². The number of carbonyl (C=O) groups is 2. The maximum Gasteiger partial charge on any atom is 0.274 e. The third kappa shape index (κ3) is 3.90. The standard InChI is InChI=1S/C24H23ClF2N4O6/c1-11-5-6-24(7-16(36-2)29-37-24)15-10-30(11)23(35)19-21(33)20(32)13(9-31(15)19)22(34)28-8-12-3-4-14(26)17(25)18(12)27/h3-4,9,11,15,33H,5-8,10H2,1-2H3,(H,28,34). The monoisotopic (exact) mass is 536 g/mol. The summed E-state index contributed by atoms with van der Waals surface area (Å²) >= 11 is 5.59. The van der Waals surface area contributed by atoms with Crippen LogP contribution >= 0.6 is 11.6 Å². The number of hydrogen-bond acceptors (Lipinski definition) is 7. The number of fused-ring (bicyclic) bond motifs is 5. The summed E-state index contributed by atoms with van der Waals surface area (Å²) in [4.78, 5) is 46.7. The molecule has 10 nitrogen and oxygen atoms in total. The molecule has 0 saturated carbocycles. The summed E-state index contributed by atoms with van der Waals surface area (Å²) in [6.07, 6.45) is 2.57. The van der Waals surface area contributed by atoms with Crippen LogP contribution < -0.4 is 10.7 Å². The fourth-order valence-electron chi connectivity index (χ4n) is 5.17. The highest BCUT2D eigenvalue weighted by atomic mass is 35.5. The van der Waals surface area contributed by atoms with E-state index in [1.165, 1.54) is 17.9 Å². The Morgan fingerprint density at radius 3 is 2.84 bits per heavy atom. The van der Waals surface area contributed by atoms with Gasteiger partial charge in [0.2, 0.25) is 11.3 Å². The largest absolute Gasteiger partial charge is 0.503 e. The zero-order valence-electron chi connectivity index (χ0n) is 19.9. The normalized spacial score (nSPS) is 24.3. The van der Waals surface area contributed by atoms with Crippen molar-refractivity contribution < 1.29 is 33.1 Å². The lowest BCUT2D eigenvalue weighted by Crippen LogP contribution is -2.52. The Bertz CT molecular complexity index is 1410. The summed E-state index contributed by atoms with van der Waals surface area (Å²) in [5.41, 5.74) is -2.82. The van der Waals surface area contributed by atoms with Crippen molar-refractivity contribution in [1.82, 2.24) is 14.8 Å². The number of amides is 2. The molecule has 5 rings (SSSR count). The quantitative estimate of drug-likeness (QED) is 0.582. The molecule has 2 amide bonds. The first kappa shape index (κ1) is 25.0. The Morgan fingerprint density at radius 2 is 2.14 bits per heavy atom. The van der Waals surface area contributed by atoms with Crippen molar-refractivity contribution >= 4 is 29.3 Å². The molecule has 1 aromatic carbocycles. The Kier molecular flexibility index (Phi) is 6.09. The number of ether oxygens (including phenoxy) is 1. The summed E-state index contributed by atoms with van der Waals surface area (Å²) in [5.74, 6) is -3.98. The van der Waals surface area contributed by atoms with Crippen LogP contribution in [0.3, 0.4) is 0 Å². The summed E-state index contributed by atoms with van der Waals surface area (Å²) < 4.78 is 34.4. The molecule has 1 fully saturated rings. The molecular weight excluding hydrogens is 514 g/mol. The van der Waals surface area contributed by atoms with Gasteiger partial charge in [0.25, 0.3) is 11.8 Å². The number of nitrogens with zero attached hydrogens (tertiary/aromatic N) is 3. The van der Waals surface area contributed by atoms with E-state index in [1.807, 2.05) is 6.92 Å². The molecule has 0 aliphatic carbocycles. The van der Waals surface area contributed by atoms with Crippen LogP contribution in [0.1, 0.15) is 58.6 Å². The first-order chi connectivity index (χ1) is 17.6. The van der Waals surface area contributed by atoms with Gasteiger partial charge in [0, 0.05) is 30.9 Å². The molecule has 2 bridgehead atoms. The van der Waals surface area contributed by atoms with E-state index in [0.717, 1.165) is 12.1 Å². The molecule has 2 aromatic rings. The van der Waals surface area contributed by atoms with Crippen LogP contribution in [-0.4, -0.2) is 57.6 Å². The van der Waals surface area contributed by atoms with Crippen LogP contribution in [0.25, 0.3) is 0 Å². The molecule has 13 heteroatoms. The molecule has 4 heterocycles. The molecule has 3 unspecified atom stereocenters. The Labute approximate surface area is 214 Å². The number of carbonyl (C=O) groups excluding carboxylic acids is 2. The van der Waals surface area contributed by atoms with E-state index in [1.54, 1.807) is 4.90 Å². The fraction of sp³-hybridized carbons (Fsp3) is 0.417. The lowest BCUT2D eigenvalue weighted by atomic mass is 9.85. The number of halogens is 3. The first-order valence-electron chi connectivity index (χ1n) is 11.6. The van der Waals surface area contributed by atoms with E-state index in [9.17, 15) is 28.3 Å². The van der Waals surface area contributed by atoms with Crippen molar-refractivity contribution in [2.75, 3.05) is 13.7 Å². The van der Waals surface area contributed by atoms with Gasteiger partial charge in [-0.1, -0.05) is 22.8 Å². The SMILES string of the molecule is COC1=NOC2(CCC(C)N3CC2n2cc(C(=O)NCc4ccc(F)c(Cl)c4F)c(=O)c(O)c2C3=O)C1. The van der Waals surface area contributed by atoms with E-state index < -0.39 is 63.4 Å². The lowest BCUT2D eigenvalue weighted by Gasteiger charge is -2.41. The number of benzene rings is 1. The average molecular weight is 537 g/mol. The second kappa shape index (κ2) is 9.02. The van der Waals surface area contributed by atoms with E-state index in [0.29, 0.717) is 25.2 Å². The Morgan fingerprint density at radius 1 is 1.38 bits per heavy atom. The smallest absolute Gasteiger partial charge is 0.274 e. The van der Waals surface area contributed by atoms with Crippen molar-refractivity contribution in [3.05, 3.63) is 62.0 Å². The maximum atomic E-state index is 14.3. The summed E-state index contributed by atoms with van der Waals surface area (Å²) in [6.45, 7) is 1.66. The van der Waals surface area contributed by atoms with Gasteiger partial charge in [-0.3, -0.25) is 14.4 Å². The summed E-state index contributed by atoms with van der Waals surface area (Å²) in [6, 6.07) is 1.26. The van der Waals surface area contributed by atoms with E-state index in [2.05, 4.69) is 10.5 Å². The number of aromatic hydroxyl groups is 1. The third-order valence-electron chi connectivity index (χ3n) is 7.32. The minimum absolute atomic E-state index is 0.104. The van der Waals surface area contributed by atoms with Gasteiger partial charge in [-0.05, 0) is 25.8 Å². The summed E-state index contributed by atoms with van der Waals surface area (Å²) in [7, 11) is 1.47. The van der Waals surface area contributed by atoms with Gasteiger partial charge in [-0.15, -0.1) is 0 Å².